The number of H-pyrrole nitrogens is 1. The molecule has 0 saturated carbocycles. The van der Waals surface area contributed by atoms with Crippen LogP contribution in [0.15, 0.2) is 54.6 Å². The fourth-order valence-corrected chi connectivity index (χ4v) is 4.88. The molecule has 2 aliphatic rings. The molecular formula is C22H21N3O2. The van der Waals surface area contributed by atoms with Crippen molar-refractivity contribution in [3.05, 3.63) is 77.1 Å². The van der Waals surface area contributed by atoms with Crippen molar-refractivity contribution < 1.29 is 9.90 Å². The molecule has 2 heterocycles. The second-order valence-electron chi connectivity index (χ2n) is 7.34. The van der Waals surface area contributed by atoms with Crippen molar-refractivity contribution in [2.45, 2.75) is 31.2 Å². The van der Waals surface area contributed by atoms with E-state index in [-0.39, 0.29) is 0 Å². The van der Waals surface area contributed by atoms with Gasteiger partial charge < -0.3 is 5.11 Å². The Morgan fingerprint density at radius 1 is 1.07 bits per heavy atom. The van der Waals surface area contributed by atoms with Crippen LogP contribution in [-0.2, 0) is 18.4 Å². The molecule has 1 fully saturated rings. The molecule has 1 atom stereocenters. The molecule has 2 N–H and O–H groups in total. The van der Waals surface area contributed by atoms with E-state index in [0.717, 1.165) is 48.2 Å². The van der Waals surface area contributed by atoms with Crippen molar-refractivity contribution in [1.29, 1.82) is 0 Å². The van der Waals surface area contributed by atoms with E-state index in [9.17, 15) is 9.90 Å². The molecule has 0 spiro atoms. The zero-order chi connectivity index (χ0) is 18.4. The van der Waals surface area contributed by atoms with Gasteiger partial charge in [-0.25, -0.2) is 4.79 Å². The lowest BCUT2D eigenvalue weighted by Crippen LogP contribution is -2.46. The molecule has 0 bridgehead atoms. The third-order valence-electron chi connectivity index (χ3n) is 6.04. The SMILES string of the molecule is O=C(O)N1CCCC1(c1ccccc1)c1[nH]nc2c1-c1ccccc1CC2. The molecule has 3 aromatic rings. The normalized spacial score (nSPS) is 21.0. The Hall–Kier alpha value is -3.08. The van der Waals surface area contributed by atoms with E-state index in [1.165, 1.54) is 11.1 Å². The lowest BCUT2D eigenvalue weighted by Gasteiger charge is -2.38. The maximum Gasteiger partial charge on any atom is 0.408 e. The molecule has 5 nitrogen and oxygen atoms in total. The minimum Gasteiger partial charge on any atom is -0.465 e. The number of amides is 1. The molecule has 1 saturated heterocycles. The van der Waals surface area contributed by atoms with Crippen LogP contribution in [0.3, 0.4) is 0 Å². The molecule has 1 aromatic heterocycles. The van der Waals surface area contributed by atoms with Gasteiger partial charge in [-0.3, -0.25) is 10.00 Å². The summed E-state index contributed by atoms with van der Waals surface area (Å²) in [5.74, 6) is 0. The third-order valence-corrected chi connectivity index (χ3v) is 6.04. The molecule has 27 heavy (non-hydrogen) atoms. The van der Waals surface area contributed by atoms with Crippen LogP contribution in [0.5, 0.6) is 0 Å². The highest BCUT2D eigenvalue weighted by atomic mass is 16.4. The van der Waals surface area contributed by atoms with E-state index in [2.05, 4.69) is 28.4 Å². The van der Waals surface area contributed by atoms with Gasteiger partial charge in [0.2, 0.25) is 0 Å². The zero-order valence-corrected chi connectivity index (χ0v) is 15.0. The first kappa shape index (κ1) is 16.1. The van der Waals surface area contributed by atoms with E-state index in [0.29, 0.717) is 6.54 Å². The topological polar surface area (TPSA) is 69.2 Å². The van der Waals surface area contributed by atoms with Gasteiger partial charge in [-0.05, 0) is 42.4 Å². The molecule has 5 rings (SSSR count). The largest absolute Gasteiger partial charge is 0.465 e. The number of aromatic amines is 1. The van der Waals surface area contributed by atoms with Gasteiger partial charge in [0.1, 0.15) is 5.54 Å². The Balaban J connectivity index is 1.80. The van der Waals surface area contributed by atoms with Crippen molar-refractivity contribution in [3.8, 4) is 11.1 Å². The molecule has 136 valence electrons. The summed E-state index contributed by atoms with van der Waals surface area (Å²) in [5, 5.41) is 17.9. The number of hydrogen-bond donors (Lipinski definition) is 2. The fraction of sp³-hybridized carbons (Fsp3) is 0.273. The van der Waals surface area contributed by atoms with Gasteiger partial charge in [0.15, 0.2) is 0 Å². The first-order chi connectivity index (χ1) is 13.2. The van der Waals surface area contributed by atoms with Crippen LogP contribution >= 0.6 is 0 Å². The molecule has 1 amide bonds. The lowest BCUT2D eigenvalue weighted by molar-refractivity contribution is 0.116. The molecular weight excluding hydrogens is 338 g/mol. The van der Waals surface area contributed by atoms with E-state index in [1.807, 2.05) is 36.4 Å². The highest BCUT2D eigenvalue weighted by Crippen LogP contribution is 2.49. The van der Waals surface area contributed by atoms with Crippen LogP contribution in [0.25, 0.3) is 11.1 Å². The molecule has 1 aliphatic heterocycles. The maximum absolute atomic E-state index is 12.2. The van der Waals surface area contributed by atoms with Crippen molar-refractivity contribution >= 4 is 6.09 Å². The Morgan fingerprint density at radius 3 is 2.67 bits per heavy atom. The van der Waals surface area contributed by atoms with Gasteiger partial charge in [-0.1, -0.05) is 54.6 Å². The molecule has 2 aromatic carbocycles. The summed E-state index contributed by atoms with van der Waals surface area (Å²) in [6.45, 7) is 0.527. The minimum atomic E-state index is -0.885. The quantitative estimate of drug-likeness (QED) is 0.721. The van der Waals surface area contributed by atoms with Gasteiger partial charge >= 0.3 is 6.09 Å². The van der Waals surface area contributed by atoms with Crippen LogP contribution in [0.1, 0.15) is 35.4 Å². The number of nitrogens with zero attached hydrogens (tertiary/aromatic N) is 2. The predicted molar refractivity (Wildman–Crippen MR) is 103 cm³/mol. The van der Waals surface area contributed by atoms with Crippen molar-refractivity contribution in [2.24, 2.45) is 0 Å². The van der Waals surface area contributed by atoms with Gasteiger partial charge in [-0.15, -0.1) is 0 Å². The van der Waals surface area contributed by atoms with E-state index >= 15 is 0 Å². The number of rotatable bonds is 2. The van der Waals surface area contributed by atoms with E-state index in [1.54, 1.807) is 4.90 Å². The number of benzene rings is 2. The number of likely N-dealkylation sites (tertiary alicyclic amines) is 1. The monoisotopic (exact) mass is 359 g/mol. The number of fused-ring (bicyclic) bond motifs is 3. The van der Waals surface area contributed by atoms with Crippen molar-refractivity contribution in [1.82, 2.24) is 15.1 Å². The average molecular weight is 359 g/mol. The Bertz CT molecular complexity index is 1010. The summed E-state index contributed by atoms with van der Waals surface area (Å²) in [4.78, 5) is 13.8. The van der Waals surface area contributed by atoms with Gasteiger partial charge in [0, 0.05) is 12.1 Å². The third kappa shape index (κ3) is 2.24. The smallest absolute Gasteiger partial charge is 0.408 e. The number of aryl methyl sites for hydroxylation is 2. The Kier molecular flexibility index (Phi) is 3.57. The molecule has 0 radical (unpaired) electrons. The number of carbonyl (C=O) groups is 1. The van der Waals surface area contributed by atoms with Crippen molar-refractivity contribution in [3.63, 3.8) is 0 Å². The average Bonchev–Trinajstić information content (AvgIpc) is 3.34. The lowest BCUT2D eigenvalue weighted by atomic mass is 9.78. The van der Waals surface area contributed by atoms with Crippen LogP contribution in [0, 0.1) is 0 Å². The second-order valence-corrected chi connectivity index (χ2v) is 7.34. The highest BCUT2D eigenvalue weighted by molar-refractivity contribution is 5.78. The highest BCUT2D eigenvalue weighted by Gasteiger charge is 2.50. The fourth-order valence-electron chi connectivity index (χ4n) is 4.88. The summed E-state index contributed by atoms with van der Waals surface area (Å²) in [7, 11) is 0. The summed E-state index contributed by atoms with van der Waals surface area (Å²) < 4.78 is 0. The van der Waals surface area contributed by atoms with E-state index in [4.69, 9.17) is 0 Å². The van der Waals surface area contributed by atoms with E-state index < -0.39 is 11.6 Å². The van der Waals surface area contributed by atoms with Crippen LogP contribution in [-0.4, -0.2) is 32.8 Å². The zero-order valence-electron chi connectivity index (χ0n) is 15.0. The number of nitrogens with one attached hydrogen (secondary N) is 1. The summed E-state index contributed by atoms with van der Waals surface area (Å²) >= 11 is 0. The van der Waals surface area contributed by atoms with Gasteiger partial charge in [0.25, 0.3) is 0 Å². The Labute approximate surface area is 157 Å². The maximum atomic E-state index is 12.2. The predicted octanol–water partition coefficient (Wildman–Crippen LogP) is 4.19. The number of aromatic nitrogens is 2. The molecule has 1 aliphatic carbocycles. The van der Waals surface area contributed by atoms with Crippen LogP contribution < -0.4 is 0 Å². The molecule has 1 unspecified atom stereocenters. The standard InChI is InChI=1S/C22H21N3O2/c26-21(27)25-14-6-13-22(25,16-8-2-1-3-9-16)20-19-17-10-5-4-7-15(17)11-12-18(19)23-24-20/h1-5,7-10H,6,11-14H2,(H,23,24)(H,26,27). The first-order valence-electron chi connectivity index (χ1n) is 9.44. The second kappa shape index (κ2) is 5.98. The minimum absolute atomic E-state index is 0.527. The number of hydrogen-bond acceptors (Lipinski definition) is 2. The number of carboxylic acid groups (broad SMARTS) is 1. The Morgan fingerprint density at radius 2 is 1.85 bits per heavy atom. The van der Waals surface area contributed by atoms with Crippen LogP contribution in [0.4, 0.5) is 4.79 Å². The van der Waals surface area contributed by atoms with Crippen molar-refractivity contribution in [2.75, 3.05) is 6.54 Å². The van der Waals surface area contributed by atoms with Gasteiger partial charge in [0.05, 0.1) is 11.4 Å². The molecule has 5 heteroatoms. The van der Waals surface area contributed by atoms with Crippen LogP contribution in [0.2, 0.25) is 0 Å². The van der Waals surface area contributed by atoms with Gasteiger partial charge in [-0.2, -0.15) is 5.10 Å². The summed E-state index contributed by atoms with van der Waals surface area (Å²) in [6, 6.07) is 18.4. The summed E-state index contributed by atoms with van der Waals surface area (Å²) in [6.07, 6.45) is 2.54. The first-order valence-corrected chi connectivity index (χ1v) is 9.44. The summed E-state index contributed by atoms with van der Waals surface area (Å²) in [5.41, 5.74) is 5.80.